The lowest BCUT2D eigenvalue weighted by Crippen LogP contribution is -2.39. The van der Waals surface area contributed by atoms with Gasteiger partial charge in [0.25, 0.3) is 11.5 Å². The summed E-state index contributed by atoms with van der Waals surface area (Å²) in [4.78, 5) is 38.0. The Bertz CT molecular complexity index is 1180. The maximum absolute atomic E-state index is 13.2. The molecule has 0 aliphatic carbocycles. The van der Waals surface area contributed by atoms with Crippen LogP contribution in [0.25, 0.3) is 0 Å². The first-order chi connectivity index (χ1) is 14.8. The van der Waals surface area contributed by atoms with Crippen molar-refractivity contribution in [2.24, 2.45) is 0 Å². The number of halogens is 2. The van der Waals surface area contributed by atoms with Crippen molar-refractivity contribution in [1.29, 1.82) is 0 Å². The Morgan fingerprint density at radius 3 is 2.35 bits per heavy atom. The fraction of sp³-hybridized carbons (Fsp3) is 0.174. The third-order valence-corrected chi connectivity index (χ3v) is 6.18. The SMILES string of the molecule is Cc1c(CI)cc(C(=O)N[C@H](C(=O)O)c2ccccc2)c(=O)n1Cc1ccccc1Cl. The Balaban J connectivity index is 2.02. The second-order valence-corrected chi connectivity index (χ2v) is 8.11. The molecule has 3 rings (SSSR count). The molecule has 2 N–H and O–H groups in total. The highest BCUT2D eigenvalue weighted by atomic mass is 127. The Labute approximate surface area is 198 Å². The van der Waals surface area contributed by atoms with E-state index in [4.69, 9.17) is 11.6 Å². The van der Waals surface area contributed by atoms with E-state index >= 15 is 0 Å². The number of aromatic nitrogens is 1. The van der Waals surface area contributed by atoms with E-state index in [0.29, 0.717) is 15.0 Å². The molecule has 0 spiro atoms. The number of nitrogens with zero attached hydrogens (tertiary/aromatic N) is 1. The number of benzene rings is 2. The van der Waals surface area contributed by atoms with Gasteiger partial charge in [0.2, 0.25) is 0 Å². The van der Waals surface area contributed by atoms with Crippen molar-refractivity contribution in [2.75, 3.05) is 0 Å². The van der Waals surface area contributed by atoms with Gasteiger partial charge in [0.15, 0.2) is 6.04 Å². The smallest absolute Gasteiger partial charge is 0.330 e. The quantitative estimate of drug-likeness (QED) is 0.338. The highest BCUT2D eigenvalue weighted by Crippen LogP contribution is 2.19. The Morgan fingerprint density at radius 1 is 1.10 bits per heavy atom. The first kappa shape index (κ1) is 23.0. The van der Waals surface area contributed by atoms with E-state index in [0.717, 1.165) is 16.8 Å². The van der Waals surface area contributed by atoms with Gasteiger partial charge in [-0.1, -0.05) is 82.7 Å². The lowest BCUT2D eigenvalue weighted by molar-refractivity contribution is -0.139. The van der Waals surface area contributed by atoms with Gasteiger partial charge in [-0.3, -0.25) is 9.59 Å². The zero-order chi connectivity index (χ0) is 22.5. The van der Waals surface area contributed by atoms with Crippen molar-refractivity contribution in [3.05, 3.63) is 104 Å². The summed E-state index contributed by atoms with van der Waals surface area (Å²) in [5, 5.41) is 12.6. The van der Waals surface area contributed by atoms with Gasteiger partial charge in [-0.25, -0.2) is 4.79 Å². The minimum absolute atomic E-state index is 0.105. The second-order valence-electron chi connectivity index (χ2n) is 6.94. The van der Waals surface area contributed by atoms with Gasteiger partial charge in [0.1, 0.15) is 5.56 Å². The van der Waals surface area contributed by atoms with Gasteiger partial charge in [-0.2, -0.15) is 0 Å². The van der Waals surface area contributed by atoms with E-state index in [-0.39, 0.29) is 12.1 Å². The maximum atomic E-state index is 13.2. The number of hydrogen-bond acceptors (Lipinski definition) is 3. The summed E-state index contributed by atoms with van der Waals surface area (Å²) in [7, 11) is 0. The van der Waals surface area contributed by atoms with Crippen LogP contribution >= 0.6 is 34.2 Å². The first-order valence-electron chi connectivity index (χ1n) is 9.44. The summed E-state index contributed by atoms with van der Waals surface area (Å²) < 4.78 is 2.08. The summed E-state index contributed by atoms with van der Waals surface area (Å²) in [5.41, 5.74) is 2.10. The minimum atomic E-state index is -1.27. The molecular formula is C23H20ClIN2O4. The molecule has 0 unspecified atom stereocenters. The molecule has 2 aromatic carbocycles. The predicted molar refractivity (Wildman–Crippen MR) is 128 cm³/mol. The lowest BCUT2D eigenvalue weighted by Gasteiger charge is -2.18. The summed E-state index contributed by atoms with van der Waals surface area (Å²) in [5.74, 6) is -1.95. The first-order valence-corrected chi connectivity index (χ1v) is 11.3. The molecule has 160 valence electrons. The van der Waals surface area contributed by atoms with Gasteiger partial charge >= 0.3 is 5.97 Å². The van der Waals surface area contributed by atoms with Crippen LogP contribution in [0.4, 0.5) is 0 Å². The van der Waals surface area contributed by atoms with Crippen molar-refractivity contribution in [3.63, 3.8) is 0 Å². The number of aliphatic carboxylic acids is 1. The maximum Gasteiger partial charge on any atom is 0.330 e. The average Bonchev–Trinajstić information content (AvgIpc) is 2.76. The normalized spacial score (nSPS) is 11.7. The monoisotopic (exact) mass is 550 g/mol. The largest absolute Gasteiger partial charge is 0.479 e. The Morgan fingerprint density at radius 2 is 1.74 bits per heavy atom. The molecule has 6 nitrogen and oxygen atoms in total. The van der Waals surface area contributed by atoms with Crippen LogP contribution in [0.2, 0.25) is 5.02 Å². The van der Waals surface area contributed by atoms with Crippen LogP contribution < -0.4 is 10.9 Å². The molecular weight excluding hydrogens is 531 g/mol. The fourth-order valence-electron chi connectivity index (χ4n) is 3.24. The molecule has 31 heavy (non-hydrogen) atoms. The van der Waals surface area contributed by atoms with Gasteiger partial charge in [-0.05, 0) is 35.7 Å². The van der Waals surface area contributed by atoms with E-state index in [2.05, 4.69) is 27.9 Å². The molecule has 0 saturated heterocycles. The summed E-state index contributed by atoms with van der Waals surface area (Å²) in [6.07, 6.45) is 0. The van der Waals surface area contributed by atoms with E-state index in [1.807, 2.05) is 19.1 Å². The molecule has 0 bridgehead atoms. The van der Waals surface area contributed by atoms with Crippen LogP contribution in [-0.4, -0.2) is 21.6 Å². The molecule has 0 aliphatic heterocycles. The second kappa shape index (κ2) is 10.1. The van der Waals surface area contributed by atoms with Crippen molar-refractivity contribution < 1.29 is 14.7 Å². The molecule has 1 atom stereocenters. The molecule has 0 fully saturated rings. The molecule has 8 heteroatoms. The van der Waals surface area contributed by atoms with Crippen LogP contribution in [0.15, 0.2) is 65.5 Å². The predicted octanol–water partition coefficient (Wildman–Crippen LogP) is 4.35. The molecule has 0 radical (unpaired) electrons. The van der Waals surface area contributed by atoms with Gasteiger partial charge in [0, 0.05) is 15.1 Å². The highest BCUT2D eigenvalue weighted by Gasteiger charge is 2.25. The van der Waals surface area contributed by atoms with Crippen LogP contribution in [0.5, 0.6) is 0 Å². The van der Waals surface area contributed by atoms with E-state index < -0.39 is 23.5 Å². The topological polar surface area (TPSA) is 88.4 Å². The lowest BCUT2D eigenvalue weighted by atomic mass is 10.1. The van der Waals surface area contributed by atoms with Crippen LogP contribution in [0, 0.1) is 6.92 Å². The number of nitrogens with one attached hydrogen (secondary N) is 1. The van der Waals surface area contributed by atoms with Gasteiger partial charge < -0.3 is 15.0 Å². The van der Waals surface area contributed by atoms with E-state index in [1.54, 1.807) is 42.5 Å². The molecule has 0 aliphatic rings. The van der Waals surface area contributed by atoms with E-state index in [9.17, 15) is 19.5 Å². The third-order valence-electron chi connectivity index (χ3n) is 4.99. The summed E-state index contributed by atoms with van der Waals surface area (Å²) in [6, 6.07) is 15.8. The van der Waals surface area contributed by atoms with Gasteiger partial charge in [-0.15, -0.1) is 0 Å². The molecule has 1 heterocycles. The van der Waals surface area contributed by atoms with Gasteiger partial charge in [0.05, 0.1) is 6.54 Å². The van der Waals surface area contributed by atoms with Crippen molar-refractivity contribution in [1.82, 2.24) is 9.88 Å². The Kier molecular flexibility index (Phi) is 7.50. The fourth-order valence-corrected chi connectivity index (χ4v) is 4.21. The standard InChI is InChI=1S/C23H20ClIN2O4/c1-14-17(12-25)11-18(22(29)27(14)13-16-9-5-6-10-19(16)24)21(28)26-20(23(30)31)15-7-3-2-4-8-15/h2-11,20H,12-13H2,1H3,(H,26,28)(H,30,31)/t20-/m0/s1. The zero-order valence-corrected chi connectivity index (χ0v) is 19.6. The highest BCUT2D eigenvalue weighted by molar-refractivity contribution is 14.1. The number of hydrogen-bond donors (Lipinski definition) is 2. The number of carbonyl (C=O) groups is 2. The number of carboxylic acids is 1. The number of rotatable bonds is 7. The van der Waals surface area contributed by atoms with Crippen LogP contribution in [0.3, 0.4) is 0 Å². The van der Waals surface area contributed by atoms with E-state index in [1.165, 1.54) is 10.6 Å². The third kappa shape index (κ3) is 5.16. The van der Waals surface area contributed by atoms with Crippen LogP contribution in [-0.2, 0) is 15.8 Å². The zero-order valence-electron chi connectivity index (χ0n) is 16.6. The van der Waals surface area contributed by atoms with Crippen molar-refractivity contribution in [3.8, 4) is 0 Å². The minimum Gasteiger partial charge on any atom is -0.479 e. The summed E-state index contributed by atoms with van der Waals surface area (Å²) >= 11 is 8.43. The number of carboxylic acid groups (broad SMARTS) is 1. The number of pyridine rings is 1. The summed E-state index contributed by atoms with van der Waals surface area (Å²) in [6.45, 7) is 2.02. The molecule has 0 saturated carbocycles. The average molecular weight is 551 g/mol. The number of alkyl halides is 1. The molecule has 3 aromatic rings. The number of carbonyl (C=O) groups excluding carboxylic acids is 1. The van der Waals surface area contributed by atoms with Crippen molar-refractivity contribution >= 4 is 46.1 Å². The number of amides is 1. The molecule has 1 aromatic heterocycles. The van der Waals surface area contributed by atoms with Crippen molar-refractivity contribution in [2.45, 2.75) is 23.9 Å². The Hall–Kier alpha value is -2.65. The molecule has 1 amide bonds. The van der Waals surface area contributed by atoms with Crippen LogP contribution in [0.1, 0.15) is 38.8 Å².